The minimum atomic E-state index is -4.84. The zero-order valence-corrected chi connectivity index (χ0v) is 8.98. The molecule has 1 aromatic carbocycles. The van der Waals surface area contributed by atoms with Gasteiger partial charge in [-0.15, -0.1) is 0 Å². The van der Waals surface area contributed by atoms with Crippen molar-refractivity contribution in [3.05, 3.63) is 17.7 Å². The van der Waals surface area contributed by atoms with E-state index in [9.17, 15) is 18.3 Å². The summed E-state index contributed by atoms with van der Waals surface area (Å²) in [6.45, 7) is 0. The molecule has 0 aliphatic heterocycles. The first-order chi connectivity index (χ1) is 6.75. The summed E-state index contributed by atoms with van der Waals surface area (Å²) in [7, 11) is -4.84. The number of benzene rings is 1. The molecule has 9 heteroatoms. The third-order valence-corrected chi connectivity index (χ3v) is 2.58. The molecule has 0 fully saturated rings. The first-order valence-electron chi connectivity index (χ1n) is 3.55. The standard InChI is InChI=1S/C7H7NO6S.Li/c8-3-1-2-4(9)5(7(10)11)6(3)15(12,13)14;/h1-2,9H,8H2,(H,10,11)(H,12,13,14);/q;+1/p-1. The summed E-state index contributed by atoms with van der Waals surface area (Å²) >= 11 is 0. The number of nitrogens with two attached hydrogens (primary N) is 1. The number of aromatic carboxylic acids is 1. The summed E-state index contributed by atoms with van der Waals surface area (Å²) in [6, 6.07) is 1.73. The van der Waals surface area contributed by atoms with Crippen LogP contribution in [0.3, 0.4) is 0 Å². The van der Waals surface area contributed by atoms with Crippen molar-refractivity contribution in [2.75, 3.05) is 5.73 Å². The molecule has 0 amide bonds. The molecule has 0 bridgehead atoms. The first-order valence-corrected chi connectivity index (χ1v) is 4.99. The molecule has 1 aromatic rings. The minimum Gasteiger partial charge on any atom is -0.872 e. The molecule has 0 aliphatic rings. The molecule has 82 valence electrons. The molecule has 0 atom stereocenters. The molecule has 0 aromatic heterocycles. The monoisotopic (exact) mass is 239 g/mol. The molecular weight excluding hydrogens is 233 g/mol. The Morgan fingerprint density at radius 3 is 2.19 bits per heavy atom. The second kappa shape index (κ2) is 4.76. The van der Waals surface area contributed by atoms with Gasteiger partial charge in [0, 0.05) is 0 Å². The van der Waals surface area contributed by atoms with E-state index in [0.717, 1.165) is 12.1 Å². The Morgan fingerprint density at radius 1 is 1.38 bits per heavy atom. The van der Waals surface area contributed by atoms with Crippen LogP contribution >= 0.6 is 0 Å². The van der Waals surface area contributed by atoms with Gasteiger partial charge in [-0.05, 0) is 6.07 Å². The van der Waals surface area contributed by atoms with E-state index in [1.54, 1.807) is 0 Å². The fourth-order valence-electron chi connectivity index (χ4n) is 1.06. The van der Waals surface area contributed by atoms with Gasteiger partial charge in [-0.2, -0.15) is 8.42 Å². The third-order valence-electron chi connectivity index (χ3n) is 1.62. The smallest absolute Gasteiger partial charge is 0.872 e. The number of carboxylic acid groups (broad SMARTS) is 1. The molecular formula is C7H6LiNO6S. The average molecular weight is 239 g/mol. The van der Waals surface area contributed by atoms with Crippen LogP contribution in [0.15, 0.2) is 17.0 Å². The van der Waals surface area contributed by atoms with Crippen molar-refractivity contribution in [1.82, 2.24) is 0 Å². The molecule has 0 saturated carbocycles. The number of anilines is 1. The van der Waals surface area contributed by atoms with Crippen LogP contribution < -0.4 is 29.7 Å². The molecule has 0 spiro atoms. The SMILES string of the molecule is Nc1ccc([O-])c(C(=O)O)c1S(=O)(=O)O.[Li+]. The summed E-state index contributed by atoms with van der Waals surface area (Å²) in [6.07, 6.45) is 0. The third kappa shape index (κ3) is 2.68. The fraction of sp³-hybridized carbons (Fsp3) is 0. The quantitative estimate of drug-likeness (QED) is 0.274. The van der Waals surface area contributed by atoms with E-state index in [1.165, 1.54) is 0 Å². The largest absolute Gasteiger partial charge is 1.00 e. The van der Waals surface area contributed by atoms with Crippen molar-refractivity contribution < 1.29 is 46.8 Å². The predicted octanol–water partition coefficient (Wildman–Crippen LogP) is -3.71. The number of hydrogen-bond acceptors (Lipinski definition) is 5. The Balaban J connectivity index is 0.00000225. The van der Waals surface area contributed by atoms with Gasteiger partial charge in [0.2, 0.25) is 0 Å². The number of nitrogen functional groups attached to an aromatic ring is 1. The second-order valence-electron chi connectivity index (χ2n) is 2.64. The van der Waals surface area contributed by atoms with E-state index in [0.29, 0.717) is 0 Å². The van der Waals surface area contributed by atoms with Gasteiger partial charge in [0.15, 0.2) is 0 Å². The number of rotatable bonds is 2. The van der Waals surface area contributed by atoms with E-state index < -0.39 is 38.0 Å². The predicted molar refractivity (Wildman–Crippen MR) is 47.1 cm³/mol. The van der Waals surface area contributed by atoms with Crippen LogP contribution in [0.1, 0.15) is 10.4 Å². The maximum atomic E-state index is 11.1. The zero-order chi connectivity index (χ0) is 11.8. The molecule has 0 heterocycles. The molecule has 7 nitrogen and oxygen atoms in total. The van der Waals surface area contributed by atoms with Crippen molar-refractivity contribution in [1.29, 1.82) is 0 Å². The van der Waals surface area contributed by atoms with Crippen molar-refractivity contribution in [3.63, 3.8) is 0 Å². The maximum absolute atomic E-state index is 11.1. The summed E-state index contributed by atoms with van der Waals surface area (Å²) in [4.78, 5) is 9.54. The van der Waals surface area contributed by atoms with Gasteiger partial charge < -0.3 is 15.9 Å². The summed E-state index contributed by atoms with van der Waals surface area (Å²) in [5, 5.41) is 19.7. The van der Waals surface area contributed by atoms with Crippen LogP contribution in [0.25, 0.3) is 0 Å². The number of carboxylic acids is 1. The Morgan fingerprint density at radius 2 is 1.88 bits per heavy atom. The van der Waals surface area contributed by atoms with Crippen molar-refractivity contribution in [3.8, 4) is 5.75 Å². The van der Waals surface area contributed by atoms with Gasteiger partial charge in [-0.3, -0.25) is 4.55 Å². The van der Waals surface area contributed by atoms with E-state index in [1.807, 2.05) is 0 Å². The van der Waals surface area contributed by atoms with E-state index in [-0.39, 0.29) is 18.9 Å². The number of hydrogen-bond donors (Lipinski definition) is 3. The van der Waals surface area contributed by atoms with Crippen LogP contribution in [-0.2, 0) is 10.1 Å². The number of carbonyl (C=O) groups is 1. The first kappa shape index (κ1) is 14.8. The molecule has 4 N–H and O–H groups in total. The van der Waals surface area contributed by atoms with Gasteiger partial charge >= 0.3 is 24.8 Å². The van der Waals surface area contributed by atoms with Crippen LogP contribution in [0.4, 0.5) is 5.69 Å². The molecule has 16 heavy (non-hydrogen) atoms. The van der Waals surface area contributed by atoms with E-state index >= 15 is 0 Å². The van der Waals surface area contributed by atoms with Gasteiger partial charge in [-0.1, -0.05) is 11.8 Å². The Labute approximate surface area is 103 Å². The summed E-state index contributed by atoms with van der Waals surface area (Å²) in [5.74, 6) is -2.80. The topological polar surface area (TPSA) is 141 Å². The maximum Gasteiger partial charge on any atom is 1.00 e. The normalized spacial score (nSPS) is 10.6. The van der Waals surface area contributed by atoms with Crippen molar-refractivity contribution in [2.24, 2.45) is 0 Å². The van der Waals surface area contributed by atoms with Crippen molar-refractivity contribution in [2.45, 2.75) is 4.90 Å². The Kier molecular flexibility index (Phi) is 4.40. The molecule has 0 radical (unpaired) electrons. The fourth-order valence-corrected chi connectivity index (χ4v) is 1.87. The van der Waals surface area contributed by atoms with Crippen LogP contribution in [0.5, 0.6) is 5.75 Å². The second-order valence-corrected chi connectivity index (χ2v) is 4.00. The van der Waals surface area contributed by atoms with Crippen LogP contribution in [0, 0.1) is 0 Å². The van der Waals surface area contributed by atoms with E-state index in [4.69, 9.17) is 15.4 Å². The minimum absolute atomic E-state index is 0. The van der Waals surface area contributed by atoms with E-state index in [2.05, 4.69) is 0 Å². The molecule has 0 saturated heterocycles. The van der Waals surface area contributed by atoms with Gasteiger partial charge in [0.1, 0.15) is 4.90 Å². The van der Waals surface area contributed by atoms with Crippen molar-refractivity contribution >= 4 is 21.8 Å². The molecule has 0 aliphatic carbocycles. The summed E-state index contributed by atoms with van der Waals surface area (Å²) in [5.41, 5.74) is 3.62. The van der Waals surface area contributed by atoms with Gasteiger partial charge in [0.25, 0.3) is 10.1 Å². The zero-order valence-electron chi connectivity index (χ0n) is 8.17. The summed E-state index contributed by atoms with van der Waals surface area (Å²) < 4.78 is 30.3. The molecule has 1 rings (SSSR count). The average Bonchev–Trinajstić information content (AvgIpc) is 2.05. The van der Waals surface area contributed by atoms with Gasteiger partial charge in [-0.25, -0.2) is 4.79 Å². The van der Waals surface area contributed by atoms with Crippen LogP contribution in [0.2, 0.25) is 0 Å². The van der Waals surface area contributed by atoms with Gasteiger partial charge in [0.05, 0.1) is 11.3 Å². The molecule has 0 unspecified atom stereocenters. The Hall–Kier alpha value is -1.20. The van der Waals surface area contributed by atoms with Crippen LogP contribution in [-0.4, -0.2) is 24.0 Å². The Bertz CT molecular complexity index is 526.